The van der Waals surface area contributed by atoms with Crippen molar-refractivity contribution in [1.29, 1.82) is 0 Å². The second-order valence-corrected chi connectivity index (χ2v) is 4.69. The third kappa shape index (κ3) is 2.84. The number of halogens is 2. The normalized spacial score (nSPS) is 26.7. The summed E-state index contributed by atoms with van der Waals surface area (Å²) in [5.74, 6) is 0. The topological polar surface area (TPSA) is 28.2 Å². The third-order valence-electron chi connectivity index (χ3n) is 3.70. The van der Waals surface area contributed by atoms with Crippen LogP contribution in [0.5, 0.6) is 0 Å². The van der Waals surface area contributed by atoms with Gasteiger partial charge in [0, 0.05) is 24.8 Å². The smallest absolute Gasteiger partial charge is 0.0553 e. The summed E-state index contributed by atoms with van der Waals surface area (Å²) in [6.45, 7) is 3.51. The fraction of sp³-hybridized carbons (Fsp3) is 0.583. The lowest BCUT2D eigenvalue weighted by molar-refractivity contribution is 0.419. The van der Waals surface area contributed by atoms with Crippen LogP contribution in [0.2, 0.25) is 0 Å². The lowest BCUT2D eigenvalue weighted by atomic mass is 9.97. The molecule has 96 valence electrons. The van der Waals surface area contributed by atoms with E-state index in [0.29, 0.717) is 5.54 Å². The van der Waals surface area contributed by atoms with E-state index in [1.54, 1.807) is 0 Å². The molecule has 0 aromatic carbocycles. The molecule has 0 bridgehead atoms. The van der Waals surface area contributed by atoms with Crippen LogP contribution in [0.4, 0.5) is 5.69 Å². The number of aromatic nitrogens is 1. The van der Waals surface area contributed by atoms with Crippen LogP contribution in [0.3, 0.4) is 0 Å². The van der Waals surface area contributed by atoms with E-state index in [-0.39, 0.29) is 24.8 Å². The van der Waals surface area contributed by atoms with E-state index in [0.717, 1.165) is 6.54 Å². The van der Waals surface area contributed by atoms with Crippen LogP contribution in [-0.4, -0.2) is 30.2 Å². The molecule has 5 heteroatoms. The predicted molar refractivity (Wildman–Crippen MR) is 75.5 cm³/mol. The summed E-state index contributed by atoms with van der Waals surface area (Å²) in [5, 5.41) is 3.67. The van der Waals surface area contributed by atoms with Gasteiger partial charge in [-0.15, -0.1) is 24.8 Å². The average Bonchev–Trinajstić information content (AvgIpc) is 2.91. The van der Waals surface area contributed by atoms with Crippen molar-refractivity contribution >= 4 is 30.5 Å². The van der Waals surface area contributed by atoms with Crippen molar-refractivity contribution in [3.05, 3.63) is 24.5 Å². The van der Waals surface area contributed by atoms with E-state index in [9.17, 15) is 0 Å². The number of hydrogen-bond acceptors (Lipinski definition) is 3. The van der Waals surface area contributed by atoms with Crippen LogP contribution >= 0.6 is 24.8 Å². The number of rotatable bonds is 1. The average molecular weight is 276 g/mol. The Hall–Kier alpha value is -0.510. The van der Waals surface area contributed by atoms with Gasteiger partial charge in [-0.2, -0.15) is 0 Å². The lowest BCUT2D eigenvalue weighted by Gasteiger charge is -2.25. The zero-order valence-electron chi connectivity index (χ0n) is 9.76. The maximum absolute atomic E-state index is 4.18. The van der Waals surface area contributed by atoms with E-state index in [2.05, 4.69) is 21.3 Å². The molecule has 0 aliphatic carbocycles. The summed E-state index contributed by atoms with van der Waals surface area (Å²) in [6, 6.07) is 4.17. The molecule has 0 radical (unpaired) electrons. The highest BCUT2D eigenvalue weighted by Gasteiger charge is 2.39. The van der Waals surface area contributed by atoms with Gasteiger partial charge >= 0.3 is 0 Å². The van der Waals surface area contributed by atoms with Crippen molar-refractivity contribution in [2.24, 2.45) is 0 Å². The second-order valence-electron chi connectivity index (χ2n) is 4.69. The van der Waals surface area contributed by atoms with E-state index >= 15 is 0 Å². The zero-order chi connectivity index (χ0) is 10.1. The molecule has 0 amide bonds. The molecule has 1 unspecified atom stereocenters. The number of pyridine rings is 1. The predicted octanol–water partition coefficient (Wildman–Crippen LogP) is 2.26. The van der Waals surface area contributed by atoms with Crippen molar-refractivity contribution < 1.29 is 0 Å². The molecule has 3 heterocycles. The van der Waals surface area contributed by atoms with Crippen molar-refractivity contribution in [3.63, 3.8) is 0 Å². The van der Waals surface area contributed by atoms with Crippen LogP contribution in [0.1, 0.15) is 19.3 Å². The van der Waals surface area contributed by atoms with E-state index in [4.69, 9.17) is 0 Å². The van der Waals surface area contributed by atoms with Gasteiger partial charge in [0.15, 0.2) is 0 Å². The Balaban J connectivity index is 0.000000722. The maximum Gasteiger partial charge on any atom is 0.0553 e. The summed E-state index contributed by atoms with van der Waals surface area (Å²) in [4.78, 5) is 6.63. The van der Waals surface area contributed by atoms with Crippen molar-refractivity contribution in [3.8, 4) is 0 Å². The van der Waals surface area contributed by atoms with Crippen LogP contribution in [0.25, 0.3) is 0 Å². The van der Waals surface area contributed by atoms with Gasteiger partial charge in [-0.25, -0.2) is 0 Å². The molecular formula is C12H19Cl2N3. The summed E-state index contributed by atoms with van der Waals surface area (Å²) in [7, 11) is 0. The highest BCUT2D eigenvalue weighted by atomic mass is 35.5. The Labute approximate surface area is 115 Å². The monoisotopic (exact) mass is 275 g/mol. The van der Waals surface area contributed by atoms with Gasteiger partial charge in [0.1, 0.15) is 0 Å². The Morgan fingerprint density at radius 3 is 2.82 bits per heavy atom. The van der Waals surface area contributed by atoms with Crippen molar-refractivity contribution in [1.82, 2.24) is 10.3 Å². The van der Waals surface area contributed by atoms with Gasteiger partial charge in [0.25, 0.3) is 0 Å². The highest BCUT2D eigenvalue weighted by Crippen LogP contribution is 2.32. The van der Waals surface area contributed by atoms with Gasteiger partial charge < -0.3 is 10.2 Å². The van der Waals surface area contributed by atoms with E-state index in [1.165, 1.54) is 38.0 Å². The van der Waals surface area contributed by atoms with Crippen molar-refractivity contribution in [2.45, 2.75) is 24.8 Å². The lowest BCUT2D eigenvalue weighted by Crippen LogP contribution is -2.42. The minimum absolute atomic E-state index is 0. The standard InChI is InChI=1S/C12H17N3.2ClH/c1-3-11(9-13-6-1)15-8-5-12(10-15)4-2-7-14-12;;/h1,3,6,9,14H,2,4-5,7-8,10H2;2*1H. The maximum atomic E-state index is 4.18. The van der Waals surface area contributed by atoms with Crippen LogP contribution < -0.4 is 10.2 Å². The molecular weight excluding hydrogens is 257 g/mol. The summed E-state index contributed by atoms with van der Waals surface area (Å²) in [5.41, 5.74) is 1.68. The minimum Gasteiger partial charge on any atom is -0.368 e. The molecule has 2 aliphatic rings. The van der Waals surface area contributed by atoms with Gasteiger partial charge in [0.2, 0.25) is 0 Å². The summed E-state index contributed by atoms with van der Waals surface area (Å²) in [6.07, 6.45) is 7.75. The largest absolute Gasteiger partial charge is 0.368 e. The van der Waals surface area contributed by atoms with Gasteiger partial charge in [-0.1, -0.05) is 0 Å². The molecule has 2 saturated heterocycles. The molecule has 3 rings (SSSR count). The van der Waals surface area contributed by atoms with Crippen LogP contribution in [-0.2, 0) is 0 Å². The van der Waals surface area contributed by atoms with Crippen LogP contribution in [0, 0.1) is 0 Å². The first-order valence-corrected chi connectivity index (χ1v) is 5.78. The Morgan fingerprint density at radius 1 is 1.29 bits per heavy atom. The number of nitrogens with one attached hydrogen (secondary N) is 1. The van der Waals surface area contributed by atoms with E-state index in [1.807, 2.05) is 18.5 Å². The molecule has 1 spiro atoms. The quantitative estimate of drug-likeness (QED) is 0.852. The Bertz CT molecular complexity index is 339. The fourth-order valence-corrected chi connectivity index (χ4v) is 2.85. The molecule has 1 aromatic heterocycles. The number of nitrogens with zero attached hydrogens (tertiary/aromatic N) is 2. The summed E-state index contributed by atoms with van der Waals surface area (Å²) < 4.78 is 0. The SMILES string of the molecule is Cl.Cl.c1cncc(N2CCC3(CCCN3)C2)c1. The molecule has 0 saturated carbocycles. The molecule has 2 fully saturated rings. The Morgan fingerprint density at radius 2 is 2.18 bits per heavy atom. The fourth-order valence-electron chi connectivity index (χ4n) is 2.85. The summed E-state index contributed by atoms with van der Waals surface area (Å²) >= 11 is 0. The molecule has 1 aromatic rings. The van der Waals surface area contributed by atoms with Crippen molar-refractivity contribution in [2.75, 3.05) is 24.5 Å². The molecule has 2 aliphatic heterocycles. The number of hydrogen-bond donors (Lipinski definition) is 1. The van der Waals surface area contributed by atoms with Gasteiger partial charge in [0.05, 0.1) is 11.9 Å². The first-order chi connectivity index (χ1) is 7.38. The Kier molecular flexibility index (Phi) is 5.04. The second kappa shape index (κ2) is 5.89. The zero-order valence-corrected chi connectivity index (χ0v) is 11.4. The van der Waals surface area contributed by atoms with E-state index < -0.39 is 0 Å². The first-order valence-electron chi connectivity index (χ1n) is 5.78. The number of anilines is 1. The minimum atomic E-state index is 0. The molecule has 17 heavy (non-hydrogen) atoms. The highest BCUT2D eigenvalue weighted by molar-refractivity contribution is 5.85. The van der Waals surface area contributed by atoms with Gasteiger partial charge in [-0.3, -0.25) is 4.98 Å². The first kappa shape index (κ1) is 14.6. The van der Waals surface area contributed by atoms with Crippen LogP contribution in [0.15, 0.2) is 24.5 Å². The molecule has 1 N–H and O–H groups in total. The third-order valence-corrected chi connectivity index (χ3v) is 3.70. The molecule has 3 nitrogen and oxygen atoms in total. The molecule has 1 atom stereocenters. The van der Waals surface area contributed by atoms with Gasteiger partial charge in [-0.05, 0) is 37.9 Å².